The zero-order chi connectivity index (χ0) is 18.3. The number of carbonyl (C=O) groups is 2. The number of amides is 3. The minimum Gasteiger partial charge on any atom is -0.319 e. The molecule has 2 aromatic carbocycles. The van der Waals surface area contributed by atoms with E-state index in [1.165, 1.54) is 4.90 Å². The van der Waals surface area contributed by atoms with Gasteiger partial charge < -0.3 is 5.32 Å². The summed E-state index contributed by atoms with van der Waals surface area (Å²) in [5.74, 6) is -0.251. The number of pyridine rings is 1. The van der Waals surface area contributed by atoms with E-state index in [1.54, 1.807) is 13.1 Å². The van der Waals surface area contributed by atoms with Gasteiger partial charge in [0.1, 0.15) is 5.54 Å². The number of para-hydroxylation sites is 1. The van der Waals surface area contributed by atoms with Crippen LogP contribution in [0.4, 0.5) is 4.79 Å². The van der Waals surface area contributed by atoms with Crippen LogP contribution in [0.15, 0.2) is 60.8 Å². The first-order valence-corrected chi connectivity index (χ1v) is 8.53. The fourth-order valence-corrected chi connectivity index (χ4v) is 3.39. The topological polar surface area (TPSA) is 62.3 Å². The maximum Gasteiger partial charge on any atom is 0.325 e. The number of nitrogens with zero attached hydrogens (tertiary/aromatic N) is 2. The predicted molar refractivity (Wildman–Crippen MR) is 99.4 cm³/mol. The number of aromatic nitrogens is 1. The molecular weight excluding hydrogens is 326 g/mol. The van der Waals surface area contributed by atoms with Crippen molar-refractivity contribution in [1.82, 2.24) is 15.2 Å². The SMILES string of the molecule is Cc1ccc(C2(C)NC(=O)N(Cc3cccc4cccnc34)C2=O)cc1. The Labute approximate surface area is 151 Å². The van der Waals surface area contributed by atoms with Crippen molar-refractivity contribution < 1.29 is 9.59 Å². The van der Waals surface area contributed by atoms with Gasteiger partial charge in [0.25, 0.3) is 5.91 Å². The van der Waals surface area contributed by atoms with Crippen LogP contribution in [-0.2, 0) is 16.9 Å². The fraction of sp³-hybridized carbons (Fsp3) is 0.190. The van der Waals surface area contributed by atoms with Gasteiger partial charge in [-0.3, -0.25) is 14.7 Å². The maximum atomic E-state index is 13.1. The summed E-state index contributed by atoms with van der Waals surface area (Å²) < 4.78 is 0. The van der Waals surface area contributed by atoms with Crippen molar-refractivity contribution in [3.63, 3.8) is 0 Å². The number of imide groups is 1. The summed E-state index contributed by atoms with van der Waals surface area (Å²) in [6.45, 7) is 3.93. The Morgan fingerprint density at radius 1 is 1.04 bits per heavy atom. The molecule has 3 aromatic rings. The summed E-state index contributed by atoms with van der Waals surface area (Å²) in [6, 6.07) is 16.9. The molecule has 1 N–H and O–H groups in total. The third kappa shape index (κ3) is 2.52. The maximum absolute atomic E-state index is 13.1. The Hall–Kier alpha value is -3.21. The highest BCUT2D eigenvalue weighted by Gasteiger charge is 2.48. The summed E-state index contributed by atoms with van der Waals surface area (Å²) in [7, 11) is 0. The quantitative estimate of drug-likeness (QED) is 0.739. The number of aryl methyl sites for hydroxylation is 1. The second kappa shape index (κ2) is 5.95. The Kier molecular flexibility index (Phi) is 3.72. The van der Waals surface area contributed by atoms with Crippen LogP contribution >= 0.6 is 0 Å². The standard InChI is InChI=1S/C21H19N3O2/c1-14-8-10-17(11-9-14)21(2)19(25)24(20(26)23-21)13-16-6-3-5-15-7-4-12-22-18(15)16/h3-12H,13H2,1-2H3,(H,23,26). The van der Waals surface area contributed by atoms with E-state index in [-0.39, 0.29) is 18.5 Å². The van der Waals surface area contributed by atoms with Gasteiger partial charge in [0.2, 0.25) is 0 Å². The summed E-state index contributed by atoms with van der Waals surface area (Å²) in [6.07, 6.45) is 1.72. The molecule has 130 valence electrons. The van der Waals surface area contributed by atoms with Gasteiger partial charge in [0.05, 0.1) is 12.1 Å². The molecule has 1 atom stereocenters. The highest BCUT2D eigenvalue weighted by atomic mass is 16.2. The second-order valence-electron chi connectivity index (χ2n) is 6.80. The van der Waals surface area contributed by atoms with Crippen molar-refractivity contribution in [1.29, 1.82) is 0 Å². The van der Waals surface area contributed by atoms with Crippen molar-refractivity contribution in [3.8, 4) is 0 Å². The Balaban J connectivity index is 1.68. The molecule has 3 amide bonds. The number of hydrogen-bond acceptors (Lipinski definition) is 3. The molecule has 5 nitrogen and oxygen atoms in total. The molecule has 0 aliphatic carbocycles. The summed E-state index contributed by atoms with van der Waals surface area (Å²) in [5.41, 5.74) is 2.48. The minimum absolute atomic E-state index is 0.195. The van der Waals surface area contributed by atoms with Crippen LogP contribution in [0.5, 0.6) is 0 Å². The average molecular weight is 345 g/mol. The van der Waals surface area contributed by atoms with Gasteiger partial charge in [-0.1, -0.05) is 54.1 Å². The number of urea groups is 1. The molecule has 4 rings (SSSR count). The van der Waals surface area contributed by atoms with Crippen LogP contribution in [-0.4, -0.2) is 21.8 Å². The lowest BCUT2D eigenvalue weighted by Crippen LogP contribution is -2.40. The Bertz CT molecular complexity index is 1010. The highest BCUT2D eigenvalue weighted by Crippen LogP contribution is 2.30. The summed E-state index contributed by atoms with van der Waals surface area (Å²) >= 11 is 0. The van der Waals surface area contributed by atoms with Crippen molar-refractivity contribution in [3.05, 3.63) is 77.5 Å². The van der Waals surface area contributed by atoms with Gasteiger partial charge in [-0.05, 0) is 31.0 Å². The van der Waals surface area contributed by atoms with Crippen molar-refractivity contribution in [2.45, 2.75) is 25.9 Å². The summed E-state index contributed by atoms with van der Waals surface area (Å²) in [5, 5.41) is 3.84. The van der Waals surface area contributed by atoms with E-state index in [4.69, 9.17) is 0 Å². The van der Waals surface area contributed by atoms with Crippen LogP contribution < -0.4 is 5.32 Å². The number of fused-ring (bicyclic) bond motifs is 1. The number of carbonyl (C=O) groups excluding carboxylic acids is 2. The van der Waals surface area contributed by atoms with E-state index in [9.17, 15) is 9.59 Å². The molecule has 1 saturated heterocycles. The van der Waals surface area contributed by atoms with E-state index in [0.29, 0.717) is 0 Å². The van der Waals surface area contributed by atoms with Crippen LogP contribution in [0.1, 0.15) is 23.6 Å². The molecule has 1 aliphatic heterocycles. The fourth-order valence-electron chi connectivity index (χ4n) is 3.39. The van der Waals surface area contributed by atoms with Gasteiger partial charge in [-0.25, -0.2) is 4.79 Å². The number of rotatable bonds is 3. The molecule has 0 radical (unpaired) electrons. The minimum atomic E-state index is -1.05. The van der Waals surface area contributed by atoms with E-state index < -0.39 is 5.54 Å². The largest absolute Gasteiger partial charge is 0.325 e. The molecule has 0 spiro atoms. The van der Waals surface area contributed by atoms with Crippen LogP contribution in [0, 0.1) is 6.92 Å². The van der Waals surface area contributed by atoms with Crippen LogP contribution in [0.3, 0.4) is 0 Å². The highest BCUT2D eigenvalue weighted by molar-refractivity contribution is 6.07. The number of benzene rings is 2. The normalized spacial score (nSPS) is 19.8. The number of hydrogen-bond donors (Lipinski definition) is 1. The van der Waals surface area contributed by atoms with Crippen molar-refractivity contribution >= 4 is 22.8 Å². The van der Waals surface area contributed by atoms with Gasteiger partial charge in [0.15, 0.2) is 0 Å². The molecular formula is C21H19N3O2. The third-order valence-electron chi connectivity index (χ3n) is 4.95. The molecule has 5 heteroatoms. The first kappa shape index (κ1) is 16.3. The molecule has 1 aliphatic rings. The lowest BCUT2D eigenvalue weighted by Gasteiger charge is -2.22. The van der Waals surface area contributed by atoms with Gasteiger partial charge in [-0.2, -0.15) is 0 Å². The molecule has 26 heavy (non-hydrogen) atoms. The van der Waals surface area contributed by atoms with Gasteiger partial charge in [-0.15, -0.1) is 0 Å². The predicted octanol–water partition coefficient (Wildman–Crippen LogP) is 3.51. The molecule has 0 bridgehead atoms. The lowest BCUT2D eigenvalue weighted by atomic mass is 9.91. The number of nitrogens with one attached hydrogen (secondary N) is 1. The van der Waals surface area contributed by atoms with Crippen LogP contribution in [0.25, 0.3) is 10.9 Å². The second-order valence-corrected chi connectivity index (χ2v) is 6.80. The van der Waals surface area contributed by atoms with E-state index in [1.807, 2.05) is 61.5 Å². The van der Waals surface area contributed by atoms with Gasteiger partial charge in [0, 0.05) is 11.6 Å². The Morgan fingerprint density at radius 3 is 2.54 bits per heavy atom. The molecule has 1 unspecified atom stereocenters. The first-order chi connectivity index (χ1) is 12.5. The molecule has 1 aromatic heterocycles. The third-order valence-corrected chi connectivity index (χ3v) is 4.95. The molecule has 1 fully saturated rings. The lowest BCUT2D eigenvalue weighted by molar-refractivity contribution is -0.131. The van der Waals surface area contributed by atoms with E-state index >= 15 is 0 Å². The van der Waals surface area contributed by atoms with Crippen LogP contribution in [0.2, 0.25) is 0 Å². The average Bonchev–Trinajstić information content (AvgIpc) is 2.86. The van der Waals surface area contributed by atoms with Crippen molar-refractivity contribution in [2.24, 2.45) is 0 Å². The van der Waals surface area contributed by atoms with Crippen molar-refractivity contribution in [2.75, 3.05) is 0 Å². The zero-order valence-electron chi connectivity index (χ0n) is 14.7. The van der Waals surface area contributed by atoms with E-state index in [0.717, 1.165) is 27.6 Å². The smallest absolute Gasteiger partial charge is 0.319 e. The molecule has 0 saturated carbocycles. The van der Waals surface area contributed by atoms with E-state index in [2.05, 4.69) is 10.3 Å². The first-order valence-electron chi connectivity index (χ1n) is 8.53. The Morgan fingerprint density at radius 2 is 1.77 bits per heavy atom. The van der Waals surface area contributed by atoms with Gasteiger partial charge >= 0.3 is 6.03 Å². The monoisotopic (exact) mass is 345 g/mol. The summed E-state index contributed by atoms with van der Waals surface area (Å²) in [4.78, 5) is 31.3. The molecule has 2 heterocycles. The zero-order valence-corrected chi connectivity index (χ0v) is 14.7.